The highest BCUT2D eigenvalue weighted by Crippen LogP contribution is 2.25. The number of nitrogens with one attached hydrogen (secondary N) is 1. The van der Waals surface area contributed by atoms with E-state index in [1.54, 1.807) is 6.07 Å². The zero-order valence-corrected chi connectivity index (χ0v) is 13.7. The Labute approximate surface area is 123 Å². The normalized spacial score (nSPS) is 16.4. The van der Waals surface area contributed by atoms with Gasteiger partial charge in [-0.25, -0.2) is 4.39 Å². The average molecular weight is 280 g/mol. The first-order chi connectivity index (χ1) is 9.38. The molecule has 0 amide bonds. The number of halogens is 1. The van der Waals surface area contributed by atoms with Gasteiger partial charge in [-0.15, -0.1) is 0 Å². The molecule has 0 radical (unpaired) electrons. The van der Waals surface area contributed by atoms with Crippen LogP contribution in [-0.4, -0.2) is 31.6 Å². The van der Waals surface area contributed by atoms with Gasteiger partial charge in [-0.2, -0.15) is 0 Å². The van der Waals surface area contributed by atoms with Gasteiger partial charge in [0.15, 0.2) is 0 Å². The van der Waals surface area contributed by atoms with Gasteiger partial charge in [0, 0.05) is 24.2 Å². The highest BCUT2D eigenvalue weighted by atomic mass is 19.1. The molecular formula is C17H29FN2. The summed E-state index contributed by atoms with van der Waals surface area (Å²) < 4.78 is 14.0. The monoisotopic (exact) mass is 280 g/mol. The van der Waals surface area contributed by atoms with E-state index in [4.69, 9.17) is 0 Å². The summed E-state index contributed by atoms with van der Waals surface area (Å²) in [5.74, 6) is 0.829. The molecule has 0 fully saturated rings. The van der Waals surface area contributed by atoms with Gasteiger partial charge in [0.25, 0.3) is 0 Å². The molecule has 0 heterocycles. The fourth-order valence-corrected chi connectivity index (χ4v) is 2.71. The Kier molecular flexibility index (Phi) is 6.63. The second-order valence-electron chi connectivity index (χ2n) is 6.19. The van der Waals surface area contributed by atoms with Crippen molar-refractivity contribution in [3.63, 3.8) is 0 Å². The van der Waals surface area contributed by atoms with Crippen LogP contribution in [0.15, 0.2) is 24.3 Å². The lowest BCUT2D eigenvalue weighted by Crippen LogP contribution is -2.39. The largest absolute Gasteiger partial charge is 0.313 e. The molecule has 0 aliphatic heterocycles. The first kappa shape index (κ1) is 17.1. The maximum atomic E-state index is 14.0. The van der Waals surface area contributed by atoms with E-state index in [-0.39, 0.29) is 11.9 Å². The van der Waals surface area contributed by atoms with Crippen molar-refractivity contribution in [1.82, 2.24) is 10.2 Å². The first-order valence-corrected chi connectivity index (χ1v) is 7.50. The molecule has 0 aliphatic rings. The lowest BCUT2D eigenvalue weighted by atomic mass is 9.92. The van der Waals surface area contributed by atoms with E-state index >= 15 is 0 Å². The van der Waals surface area contributed by atoms with Gasteiger partial charge >= 0.3 is 0 Å². The van der Waals surface area contributed by atoms with Crippen LogP contribution < -0.4 is 5.32 Å². The van der Waals surface area contributed by atoms with Crippen molar-refractivity contribution in [2.75, 3.05) is 20.6 Å². The van der Waals surface area contributed by atoms with Gasteiger partial charge in [-0.05, 0) is 38.9 Å². The summed E-state index contributed by atoms with van der Waals surface area (Å²) in [6.45, 7) is 9.84. The third-order valence-electron chi connectivity index (χ3n) is 4.36. The minimum atomic E-state index is -0.127. The fourth-order valence-electron chi connectivity index (χ4n) is 2.71. The highest BCUT2D eigenvalue weighted by molar-refractivity contribution is 5.21. The summed E-state index contributed by atoms with van der Waals surface area (Å²) in [6.07, 6.45) is 0. The second kappa shape index (κ2) is 7.75. The summed E-state index contributed by atoms with van der Waals surface area (Å²) in [4.78, 5) is 2.36. The molecule has 2 nitrogen and oxygen atoms in total. The van der Waals surface area contributed by atoms with Crippen molar-refractivity contribution in [3.05, 3.63) is 35.6 Å². The fraction of sp³-hybridized carbons (Fsp3) is 0.647. The van der Waals surface area contributed by atoms with E-state index in [1.165, 1.54) is 6.07 Å². The number of hydrogen-bond donors (Lipinski definition) is 1. The molecule has 0 saturated heterocycles. The van der Waals surface area contributed by atoms with E-state index in [0.717, 1.165) is 12.1 Å². The van der Waals surface area contributed by atoms with E-state index in [0.29, 0.717) is 17.9 Å². The Balaban J connectivity index is 2.78. The van der Waals surface area contributed by atoms with Crippen molar-refractivity contribution in [1.29, 1.82) is 0 Å². The van der Waals surface area contributed by atoms with E-state index < -0.39 is 0 Å². The summed E-state index contributed by atoms with van der Waals surface area (Å²) in [5.41, 5.74) is 0.758. The minimum Gasteiger partial charge on any atom is -0.313 e. The van der Waals surface area contributed by atoms with E-state index in [2.05, 4.69) is 45.0 Å². The molecule has 3 heteroatoms. The van der Waals surface area contributed by atoms with Crippen LogP contribution in [0.2, 0.25) is 0 Å². The highest BCUT2D eigenvalue weighted by Gasteiger charge is 2.23. The second-order valence-corrected chi connectivity index (χ2v) is 6.19. The molecule has 0 aromatic heterocycles. The Morgan fingerprint density at radius 2 is 1.75 bits per heavy atom. The molecule has 0 spiro atoms. The topological polar surface area (TPSA) is 15.3 Å². The molecule has 0 bridgehead atoms. The van der Waals surface area contributed by atoms with Crippen molar-refractivity contribution in [2.24, 2.45) is 11.8 Å². The standard InChI is InChI=1S/C17H29FN2/c1-12(2)14(4)20(6)11-13(3)17(19-5)15-9-7-8-10-16(15)18/h7-10,12-14,17,19H,11H2,1-6H3. The van der Waals surface area contributed by atoms with E-state index in [9.17, 15) is 4.39 Å². The SMILES string of the molecule is CNC(c1ccccc1F)C(C)CN(C)C(C)C(C)C. The number of nitrogens with zero attached hydrogens (tertiary/aromatic N) is 1. The van der Waals surface area contributed by atoms with E-state index in [1.807, 2.05) is 19.2 Å². The van der Waals surface area contributed by atoms with Gasteiger partial charge in [0.2, 0.25) is 0 Å². The predicted octanol–water partition coefficient (Wildman–Crippen LogP) is 3.70. The number of rotatable bonds is 7. The Morgan fingerprint density at radius 3 is 2.25 bits per heavy atom. The molecule has 1 aromatic rings. The molecule has 0 aliphatic carbocycles. The van der Waals surface area contributed by atoms with Crippen LogP contribution in [0.25, 0.3) is 0 Å². The van der Waals surface area contributed by atoms with Gasteiger partial charge in [-0.3, -0.25) is 0 Å². The third kappa shape index (κ3) is 4.29. The van der Waals surface area contributed by atoms with Crippen LogP contribution in [0.5, 0.6) is 0 Å². The molecule has 1 aromatic carbocycles. The van der Waals surface area contributed by atoms with Crippen molar-refractivity contribution >= 4 is 0 Å². The van der Waals surface area contributed by atoms with Crippen LogP contribution in [-0.2, 0) is 0 Å². The molecule has 20 heavy (non-hydrogen) atoms. The Morgan fingerprint density at radius 1 is 1.15 bits per heavy atom. The van der Waals surface area contributed by atoms with Gasteiger partial charge in [-0.1, -0.05) is 39.0 Å². The molecule has 114 valence electrons. The average Bonchev–Trinajstić information content (AvgIpc) is 2.40. The van der Waals surface area contributed by atoms with Crippen LogP contribution >= 0.6 is 0 Å². The molecule has 3 unspecified atom stereocenters. The third-order valence-corrected chi connectivity index (χ3v) is 4.36. The molecular weight excluding hydrogens is 251 g/mol. The smallest absolute Gasteiger partial charge is 0.127 e. The number of hydrogen-bond acceptors (Lipinski definition) is 2. The van der Waals surface area contributed by atoms with Gasteiger partial charge in [0.1, 0.15) is 5.82 Å². The minimum absolute atomic E-state index is 0.0398. The Bertz CT molecular complexity index is 406. The summed E-state index contributed by atoms with van der Waals surface area (Å²) in [6, 6.07) is 7.61. The van der Waals surface area contributed by atoms with Crippen molar-refractivity contribution in [2.45, 2.75) is 39.8 Å². The summed E-state index contributed by atoms with van der Waals surface area (Å²) in [5, 5.41) is 3.27. The van der Waals surface area contributed by atoms with Crippen LogP contribution in [0, 0.1) is 17.7 Å². The van der Waals surface area contributed by atoms with Crippen molar-refractivity contribution in [3.8, 4) is 0 Å². The first-order valence-electron chi connectivity index (χ1n) is 7.50. The summed E-state index contributed by atoms with van der Waals surface area (Å²) in [7, 11) is 4.05. The quantitative estimate of drug-likeness (QED) is 0.819. The maximum absolute atomic E-state index is 14.0. The van der Waals surface area contributed by atoms with Crippen molar-refractivity contribution < 1.29 is 4.39 Å². The van der Waals surface area contributed by atoms with Crippen LogP contribution in [0.1, 0.15) is 39.3 Å². The molecule has 0 saturated carbocycles. The lowest BCUT2D eigenvalue weighted by molar-refractivity contribution is 0.168. The molecule has 1 N–H and O–H groups in total. The lowest BCUT2D eigenvalue weighted by Gasteiger charge is -2.33. The zero-order valence-electron chi connectivity index (χ0n) is 13.7. The Hall–Kier alpha value is -0.930. The molecule has 3 atom stereocenters. The predicted molar refractivity (Wildman–Crippen MR) is 84.3 cm³/mol. The molecule has 1 rings (SSSR count). The maximum Gasteiger partial charge on any atom is 0.127 e. The number of benzene rings is 1. The van der Waals surface area contributed by atoms with Crippen LogP contribution in [0.4, 0.5) is 4.39 Å². The van der Waals surface area contributed by atoms with Gasteiger partial charge in [0.05, 0.1) is 0 Å². The van der Waals surface area contributed by atoms with Crippen LogP contribution in [0.3, 0.4) is 0 Å². The zero-order chi connectivity index (χ0) is 15.3. The summed E-state index contributed by atoms with van der Waals surface area (Å²) >= 11 is 0. The van der Waals surface area contributed by atoms with Gasteiger partial charge < -0.3 is 10.2 Å².